The van der Waals surface area contributed by atoms with Crippen LogP contribution in [0.2, 0.25) is 0 Å². The van der Waals surface area contributed by atoms with Gasteiger partial charge in [0.15, 0.2) is 6.10 Å². The lowest BCUT2D eigenvalue weighted by molar-refractivity contribution is -0.147. The minimum atomic E-state index is -1.75. The second-order valence-corrected chi connectivity index (χ2v) is 9.29. The molecule has 0 radical (unpaired) electrons. The fourth-order valence-corrected chi connectivity index (χ4v) is 3.61. The quantitative estimate of drug-likeness (QED) is 0.0940. The zero-order chi connectivity index (χ0) is 32.0. The average molecular weight is 614 g/mol. The van der Waals surface area contributed by atoms with E-state index in [9.17, 15) is 43.5 Å². The van der Waals surface area contributed by atoms with E-state index in [0.717, 1.165) is 18.0 Å². The number of H-pyrrole nitrogens is 1. The number of hydrogen-bond acceptors (Lipinski definition) is 10. The normalized spacial score (nSPS) is 11.9. The van der Waals surface area contributed by atoms with E-state index in [4.69, 9.17) is 5.11 Å². The number of nitrogens with zero attached hydrogens (tertiary/aromatic N) is 3. The first-order valence-corrected chi connectivity index (χ1v) is 13.2. The third-order valence-corrected chi connectivity index (χ3v) is 6.07. The Kier molecular flexibility index (Phi) is 14.7. The number of aliphatic hydroxyl groups is 1. The lowest BCUT2D eigenvalue weighted by Gasteiger charge is -2.27. The van der Waals surface area contributed by atoms with E-state index in [0.29, 0.717) is 0 Å². The van der Waals surface area contributed by atoms with E-state index in [1.54, 1.807) is 0 Å². The van der Waals surface area contributed by atoms with Gasteiger partial charge >= 0.3 is 17.7 Å². The van der Waals surface area contributed by atoms with Crippen molar-refractivity contribution in [2.45, 2.75) is 45.4 Å². The van der Waals surface area contributed by atoms with Gasteiger partial charge < -0.3 is 25.7 Å². The van der Waals surface area contributed by atoms with E-state index < -0.39 is 65.6 Å². The van der Waals surface area contributed by atoms with Crippen molar-refractivity contribution in [3.05, 3.63) is 45.4 Å². The molecule has 0 saturated carbocycles. The molecule has 1 aromatic rings. The molecule has 6 N–H and O–H groups in total. The number of carbonyl (C=O) groups excluding carboxylic acids is 5. The Morgan fingerprint density at radius 2 is 1.83 bits per heavy atom. The molecular formula is C24H35N7O10S. The predicted octanol–water partition coefficient (Wildman–Crippen LogP) is -2.87. The van der Waals surface area contributed by atoms with Crippen LogP contribution in [0.1, 0.15) is 25.3 Å². The first-order chi connectivity index (χ1) is 19.7. The molecule has 0 spiro atoms. The van der Waals surface area contributed by atoms with Gasteiger partial charge in [-0.1, -0.05) is 6.58 Å². The molecule has 0 aliphatic heterocycles. The van der Waals surface area contributed by atoms with Gasteiger partial charge in [0.05, 0.1) is 6.54 Å². The van der Waals surface area contributed by atoms with Crippen LogP contribution in [-0.2, 0) is 30.5 Å². The number of imide groups is 1. The lowest BCUT2D eigenvalue weighted by Crippen LogP contribution is -2.51. The van der Waals surface area contributed by atoms with E-state index in [-0.39, 0.29) is 50.3 Å². The molecular weight excluding hydrogens is 578 g/mol. The average Bonchev–Trinajstić information content (AvgIpc) is 2.92. The molecule has 0 saturated heterocycles. The number of carboxylic acid groups (broad SMARTS) is 1. The lowest BCUT2D eigenvalue weighted by atomic mass is 10.2. The first-order valence-electron chi connectivity index (χ1n) is 12.6. The third-order valence-electron chi connectivity index (χ3n) is 5.71. The Bertz CT molecular complexity index is 1290. The summed E-state index contributed by atoms with van der Waals surface area (Å²) in [6, 6.07) is -1.97. The van der Waals surface area contributed by atoms with Crippen molar-refractivity contribution in [3.8, 4) is 0 Å². The van der Waals surface area contributed by atoms with Gasteiger partial charge in [-0.2, -0.15) is 12.6 Å². The second kappa shape index (κ2) is 17.4. The molecule has 42 heavy (non-hydrogen) atoms. The van der Waals surface area contributed by atoms with Crippen LogP contribution in [0.25, 0.3) is 0 Å². The molecule has 1 aromatic heterocycles. The van der Waals surface area contributed by atoms with Crippen molar-refractivity contribution in [1.29, 1.82) is 0 Å². The molecule has 2 unspecified atom stereocenters. The topological polar surface area (TPSA) is 240 Å². The number of carboxylic acids is 1. The summed E-state index contributed by atoms with van der Waals surface area (Å²) in [6.07, 6.45) is -0.0347. The van der Waals surface area contributed by atoms with Gasteiger partial charge in [0.2, 0.25) is 23.6 Å². The summed E-state index contributed by atoms with van der Waals surface area (Å²) in [7, 11) is 0. The van der Waals surface area contributed by atoms with Gasteiger partial charge in [0, 0.05) is 63.2 Å². The molecule has 1 heterocycles. The Balaban J connectivity index is 2.93. The number of urea groups is 1. The molecule has 1 rings (SSSR count). The second-order valence-electron chi connectivity index (χ2n) is 8.92. The summed E-state index contributed by atoms with van der Waals surface area (Å²) in [5.74, 6) is -4.39. The smallest absolute Gasteiger partial charge is 0.332 e. The molecule has 6 amide bonds. The van der Waals surface area contributed by atoms with Crippen LogP contribution < -0.4 is 27.2 Å². The van der Waals surface area contributed by atoms with E-state index >= 15 is 0 Å². The Labute approximate surface area is 245 Å². The Hall–Kier alpha value is -4.45. The highest BCUT2D eigenvalue weighted by atomic mass is 32.1. The number of nitrogens with one attached hydrogen (secondary N) is 4. The highest BCUT2D eigenvalue weighted by Crippen LogP contribution is 2.00. The van der Waals surface area contributed by atoms with Crippen LogP contribution in [0.4, 0.5) is 4.79 Å². The van der Waals surface area contributed by atoms with Crippen LogP contribution in [0.5, 0.6) is 0 Å². The molecule has 0 aliphatic carbocycles. The summed E-state index contributed by atoms with van der Waals surface area (Å²) >= 11 is 4.02. The maximum Gasteiger partial charge on any atom is 0.332 e. The minimum absolute atomic E-state index is 0.0542. The first kappa shape index (κ1) is 35.6. The molecule has 232 valence electrons. The number of aryl methyl sites for hydroxylation is 1. The SMILES string of the molecule is C=CN(CCN(CCn1cc(C)c(=O)[nH]c1=O)C(=O)CNC(=O)C(CS)NC(=O)CCC(O)C(=O)O)C(=O)NC(C)=O. The zero-order valence-electron chi connectivity index (χ0n) is 23.1. The van der Waals surface area contributed by atoms with Crippen molar-refractivity contribution in [2.24, 2.45) is 0 Å². The van der Waals surface area contributed by atoms with Gasteiger partial charge in [0.25, 0.3) is 5.56 Å². The van der Waals surface area contributed by atoms with Gasteiger partial charge in [-0.3, -0.25) is 43.7 Å². The molecule has 0 aromatic carbocycles. The fraction of sp³-hybridized carbons (Fsp3) is 0.500. The monoisotopic (exact) mass is 613 g/mol. The minimum Gasteiger partial charge on any atom is -0.479 e. The van der Waals surface area contributed by atoms with Crippen molar-refractivity contribution < 1.29 is 39.0 Å². The number of thiol groups is 1. The third kappa shape index (κ3) is 12.0. The number of carbonyl (C=O) groups is 6. The zero-order valence-corrected chi connectivity index (χ0v) is 24.0. The number of aromatic amines is 1. The predicted molar refractivity (Wildman–Crippen MR) is 150 cm³/mol. The summed E-state index contributed by atoms with van der Waals surface area (Å²) in [5, 5.41) is 24.8. The largest absolute Gasteiger partial charge is 0.479 e. The van der Waals surface area contributed by atoms with E-state index in [2.05, 4.69) is 40.1 Å². The van der Waals surface area contributed by atoms with Gasteiger partial charge in [0.1, 0.15) is 6.04 Å². The molecule has 18 heteroatoms. The Morgan fingerprint density at radius 1 is 1.17 bits per heavy atom. The summed E-state index contributed by atoms with van der Waals surface area (Å²) < 4.78 is 1.18. The highest BCUT2D eigenvalue weighted by Gasteiger charge is 2.23. The van der Waals surface area contributed by atoms with Crippen LogP contribution in [0.3, 0.4) is 0 Å². The molecule has 17 nitrogen and oxygen atoms in total. The van der Waals surface area contributed by atoms with Gasteiger partial charge in [-0.05, 0) is 13.3 Å². The summed E-state index contributed by atoms with van der Waals surface area (Å²) in [6.45, 7) is 5.23. The standard InChI is InChI=1S/C24H35N7O10S/c1-4-29(23(40)26-15(3)32)7-8-30(9-10-31-12-14(2)20(36)28-24(31)41)19(35)11-25-21(37)16(13-42)27-18(34)6-5-17(33)22(38)39/h4,12,16-17,33,42H,1,5-11,13H2,2-3H3,(H,25,37)(H,27,34)(H,38,39)(H,26,32,40)(H,28,36,41). The number of amides is 6. The molecule has 2 atom stereocenters. The van der Waals surface area contributed by atoms with Crippen molar-refractivity contribution >= 4 is 48.3 Å². The van der Waals surface area contributed by atoms with Crippen LogP contribution in [0, 0.1) is 6.92 Å². The maximum atomic E-state index is 13.1. The highest BCUT2D eigenvalue weighted by molar-refractivity contribution is 7.80. The van der Waals surface area contributed by atoms with Crippen molar-refractivity contribution in [1.82, 2.24) is 35.3 Å². The van der Waals surface area contributed by atoms with Crippen LogP contribution >= 0.6 is 12.6 Å². The van der Waals surface area contributed by atoms with Crippen LogP contribution in [-0.4, -0.2) is 109 Å². The molecule has 0 bridgehead atoms. The number of aromatic nitrogens is 2. The van der Waals surface area contributed by atoms with E-state index in [1.165, 1.54) is 22.6 Å². The summed E-state index contributed by atoms with van der Waals surface area (Å²) in [5.41, 5.74) is -1.01. The molecule has 0 aliphatic rings. The molecule has 0 fully saturated rings. The van der Waals surface area contributed by atoms with Crippen molar-refractivity contribution in [2.75, 3.05) is 31.9 Å². The number of aliphatic hydroxyl groups excluding tert-OH is 1. The number of hydrogen-bond donors (Lipinski definition) is 7. The van der Waals surface area contributed by atoms with Crippen LogP contribution in [0.15, 0.2) is 28.6 Å². The van der Waals surface area contributed by atoms with Gasteiger partial charge in [-0.25, -0.2) is 14.4 Å². The van der Waals surface area contributed by atoms with E-state index in [1.807, 2.05) is 0 Å². The fourth-order valence-electron chi connectivity index (χ4n) is 3.35. The number of aliphatic carboxylic acids is 1. The van der Waals surface area contributed by atoms with Crippen molar-refractivity contribution in [3.63, 3.8) is 0 Å². The summed E-state index contributed by atoms with van der Waals surface area (Å²) in [4.78, 5) is 100. The maximum absolute atomic E-state index is 13.1. The van der Waals surface area contributed by atoms with Gasteiger partial charge in [-0.15, -0.1) is 0 Å². The number of rotatable bonds is 16. The Morgan fingerprint density at radius 3 is 2.40 bits per heavy atom.